The molecule has 0 N–H and O–H groups in total. The van der Waals surface area contributed by atoms with Crippen LogP contribution >= 0.6 is 0 Å². The minimum Gasteiger partial charge on any atom is -0.465 e. The Balaban J connectivity index is 2.32. The van der Waals surface area contributed by atoms with E-state index in [1.165, 1.54) is 19.2 Å². The number of rotatable bonds is 3. The fraction of sp³-hybridized carbons (Fsp3) is 0.467. The third kappa shape index (κ3) is 3.41. The first-order valence-electron chi connectivity index (χ1n) is 7.09. The van der Waals surface area contributed by atoms with Gasteiger partial charge in [-0.15, -0.1) is 0 Å². The lowest BCUT2D eigenvalue weighted by Crippen LogP contribution is -2.38. The van der Waals surface area contributed by atoms with Gasteiger partial charge in [-0.3, -0.25) is 14.9 Å². The Bertz CT molecular complexity index is 606. The van der Waals surface area contributed by atoms with Gasteiger partial charge in [-0.1, -0.05) is 6.92 Å². The van der Waals surface area contributed by atoms with E-state index in [4.69, 9.17) is 0 Å². The zero-order valence-corrected chi connectivity index (χ0v) is 12.6. The molecule has 7 nitrogen and oxygen atoms in total. The highest BCUT2D eigenvalue weighted by molar-refractivity contribution is 5.99. The Kier molecular flexibility index (Phi) is 4.75. The first-order valence-corrected chi connectivity index (χ1v) is 7.09. The molecule has 1 heterocycles. The fourth-order valence-electron chi connectivity index (χ4n) is 2.47. The number of nitro groups is 1. The first kappa shape index (κ1) is 15.9. The molecule has 1 aliphatic rings. The van der Waals surface area contributed by atoms with Crippen molar-refractivity contribution in [2.75, 3.05) is 20.2 Å². The third-order valence-corrected chi connectivity index (χ3v) is 3.87. The number of carbonyl (C=O) groups excluding carboxylic acids is 2. The van der Waals surface area contributed by atoms with Gasteiger partial charge in [0.05, 0.1) is 17.6 Å². The van der Waals surface area contributed by atoms with Crippen LogP contribution in [-0.4, -0.2) is 41.9 Å². The second kappa shape index (κ2) is 6.55. The highest BCUT2D eigenvalue weighted by Crippen LogP contribution is 2.22. The van der Waals surface area contributed by atoms with Crippen LogP contribution < -0.4 is 0 Å². The van der Waals surface area contributed by atoms with Gasteiger partial charge < -0.3 is 9.64 Å². The van der Waals surface area contributed by atoms with Crippen molar-refractivity contribution in [2.24, 2.45) is 5.92 Å². The van der Waals surface area contributed by atoms with Crippen LogP contribution in [0.3, 0.4) is 0 Å². The number of ether oxygens (including phenoxy) is 1. The number of non-ortho nitro benzene ring substituents is 1. The summed E-state index contributed by atoms with van der Waals surface area (Å²) in [4.78, 5) is 36.1. The number of likely N-dealkylation sites (tertiary alicyclic amines) is 1. The predicted molar refractivity (Wildman–Crippen MR) is 78.7 cm³/mol. The highest BCUT2D eigenvalue weighted by atomic mass is 16.6. The van der Waals surface area contributed by atoms with Crippen LogP contribution in [0.25, 0.3) is 0 Å². The second-order valence-corrected chi connectivity index (χ2v) is 5.49. The maximum atomic E-state index is 12.5. The molecule has 2 rings (SSSR count). The van der Waals surface area contributed by atoms with Crippen molar-refractivity contribution in [1.82, 2.24) is 4.90 Å². The SMILES string of the molecule is COC(=O)c1cc(C(=O)N2CCC(C)CC2)cc([N+](=O)[O-])c1. The van der Waals surface area contributed by atoms with Gasteiger partial charge in [0.2, 0.25) is 0 Å². The summed E-state index contributed by atoms with van der Waals surface area (Å²) in [6.45, 7) is 3.37. The molecule has 22 heavy (non-hydrogen) atoms. The maximum Gasteiger partial charge on any atom is 0.338 e. The molecular weight excluding hydrogens is 288 g/mol. The molecule has 0 aliphatic carbocycles. The average Bonchev–Trinajstić information content (AvgIpc) is 2.53. The summed E-state index contributed by atoms with van der Waals surface area (Å²) >= 11 is 0. The Morgan fingerprint density at radius 2 is 1.82 bits per heavy atom. The molecule has 0 atom stereocenters. The highest BCUT2D eigenvalue weighted by Gasteiger charge is 2.24. The number of nitrogens with zero attached hydrogens (tertiary/aromatic N) is 2. The maximum absolute atomic E-state index is 12.5. The van der Waals surface area contributed by atoms with Gasteiger partial charge in [-0.05, 0) is 24.8 Å². The number of esters is 1. The molecule has 1 aromatic rings. The van der Waals surface area contributed by atoms with Crippen LogP contribution in [-0.2, 0) is 4.74 Å². The van der Waals surface area contributed by atoms with E-state index in [1.807, 2.05) is 0 Å². The second-order valence-electron chi connectivity index (χ2n) is 5.49. The van der Waals surface area contributed by atoms with Gasteiger partial charge in [-0.25, -0.2) is 4.79 Å². The Hall–Kier alpha value is -2.44. The minimum atomic E-state index is -0.704. The molecular formula is C15H18N2O5. The van der Waals surface area contributed by atoms with Crippen molar-refractivity contribution < 1.29 is 19.2 Å². The van der Waals surface area contributed by atoms with E-state index in [1.54, 1.807) is 4.90 Å². The molecule has 0 saturated carbocycles. The number of benzene rings is 1. The summed E-state index contributed by atoms with van der Waals surface area (Å²) in [5, 5.41) is 11.0. The molecule has 118 valence electrons. The van der Waals surface area contributed by atoms with E-state index in [0.717, 1.165) is 18.9 Å². The summed E-state index contributed by atoms with van der Waals surface area (Å²) < 4.78 is 4.58. The topological polar surface area (TPSA) is 89.8 Å². The van der Waals surface area contributed by atoms with E-state index in [2.05, 4.69) is 11.7 Å². The predicted octanol–water partition coefficient (Wildman–Crippen LogP) is 2.25. The van der Waals surface area contributed by atoms with Gasteiger partial charge in [0.1, 0.15) is 0 Å². The number of piperidine rings is 1. The Morgan fingerprint density at radius 3 is 2.36 bits per heavy atom. The smallest absolute Gasteiger partial charge is 0.338 e. The number of hydrogen-bond acceptors (Lipinski definition) is 5. The molecule has 1 aliphatic heterocycles. The summed E-state index contributed by atoms with van der Waals surface area (Å²) in [5.74, 6) is -0.425. The van der Waals surface area contributed by atoms with E-state index in [-0.39, 0.29) is 22.7 Å². The van der Waals surface area contributed by atoms with Crippen molar-refractivity contribution in [3.8, 4) is 0 Å². The molecule has 1 saturated heterocycles. The van der Waals surface area contributed by atoms with Crippen LogP contribution in [0, 0.1) is 16.0 Å². The van der Waals surface area contributed by atoms with Crippen LogP contribution in [0.5, 0.6) is 0 Å². The van der Waals surface area contributed by atoms with Crippen molar-refractivity contribution in [1.29, 1.82) is 0 Å². The summed E-state index contributed by atoms with van der Waals surface area (Å²) in [7, 11) is 1.19. The summed E-state index contributed by atoms with van der Waals surface area (Å²) in [5.41, 5.74) is -0.147. The van der Waals surface area contributed by atoms with Gasteiger partial charge in [-0.2, -0.15) is 0 Å². The first-order chi connectivity index (χ1) is 10.4. The number of methoxy groups -OCH3 is 1. The lowest BCUT2D eigenvalue weighted by Gasteiger charge is -2.30. The molecule has 1 aromatic carbocycles. The van der Waals surface area contributed by atoms with Crippen molar-refractivity contribution >= 4 is 17.6 Å². The average molecular weight is 306 g/mol. The number of nitro benzene ring substituents is 1. The van der Waals surface area contributed by atoms with E-state index < -0.39 is 10.9 Å². The standard InChI is InChI=1S/C15H18N2O5/c1-10-3-5-16(6-4-10)14(18)11-7-12(15(19)22-2)9-13(8-11)17(20)21/h7-10H,3-6H2,1-2H3. The van der Waals surface area contributed by atoms with Gasteiger partial charge >= 0.3 is 5.97 Å². The van der Waals surface area contributed by atoms with E-state index >= 15 is 0 Å². The van der Waals surface area contributed by atoms with Gasteiger partial charge in [0.15, 0.2) is 0 Å². The Labute approximate surface area is 128 Å². The van der Waals surface area contributed by atoms with E-state index in [0.29, 0.717) is 19.0 Å². The largest absolute Gasteiger partial charge is 0.465 e. The zero-order chi connectivity index (χ0) is 16.3. The summed E-state index contributed by atoms with van der Waals surface area (Å²) in [6.07, 6.45) is 1.81. The molecule has 0 spiro atoms. The molecule has 1 amide bonds. The van der Waals surface area contributed by atoms with E-state index in [9.17, 15) is 19.7 Å². The van der Waals surface area contributed by atoms with Crippen molar-refractivity contribution in [2.45, 2.75) is 19.8 Å². The van der Waals surface area contributed by atoms with Gasteiger partial charge in [0.25, 0.3) is 11.6 Å². The molecule has 0 aromatic heterocycles. The van der Waals surface area contributed by atoms with Crippen LogP contribution in [0.4, 0.5) is 5.69 Å². The molecule has 0 unspecified atom stereocenters. The Morgan fingerprint density at radius 1 is 1.23 bits per heavy atom. The zero-order valence-electron chi connectivity index (χ0n) is 12.6. The number of amides is 1. The molecule has 1 fully saturated rings. The summed E-state index contributed by atoms with van der Waals surface area (Å²) in [6, 6.07) is 3.66. The van der Waals surface area contributed by atoms with Crippen LogP contribution in [0.1, 0.15) is 40.5 Å². The number of hydrogen-bond donors (Lipinski definition) is 0. The monoisotopic (exact) mass is 306 g/mol. The molecule has 0 bridgehead atoms. The van der Waals surface area contributed by atoms with Crippen molar-refractivity contribution in [3.63, 3.8) is 0 Å². The lowest BCUT2D eigenvalue weighted by molar-refractivity contribution is -0.384. The van der Waals surface area contributed by atoms with Gasteiger partial charge in [0, 0.05) is 30.8 Å². The third-order valence-electron chi connectivity index (χ3n) is 3.87. The van der Waals surface area contributed by atoms with Crippen LogP contribution in [0.2, 0.25) is 0 Å². The normalized spacial score (nSPS) is 15.5. The lowest BCUT2D eigenvalue weighted by atomic mass is 9.98. The quantitative estimate of drug-likeness (QED) is 0.485. The molecule has 7 heteroatoms. The fourth-order valence-corrected chi connectivity index (χ4v) is 2.47. The minimum absolute atomic E-state index is 0.00503. The number of carbonyl (C=O) groups is 2. The molecule has 0 radical (unpaired) electrons. The van der Waals surface area contributed by atoms with Crippen LogP contribution in [0.15, 0.2) is 18.2 Å². The van der Waals surface area contributed by atoms with Crippen molar-refractivity contribution in [3.05, 3.63) is 39.4 Å².